The first-order valence-corrected chi connectivity index (χ1v) is 4.02. The number of H-pyrrole nitrogens is 1. The third-order valence-electron chi connectivity index (χ3n) is 1.60. The van der Waals surface area contributed by atoms with Crippen LogP contribution in [0.3, 0.4) is 0 Å². The van der Waals surface area contributed by atoms with Crippen molar-refractivity contribution >= 4 is 5.69 Å². The van der Waals surface area contributed by atoms with E-state index in [9.17, 15) is 28.1 Å². The molecular formula is C7H5F3N2O5. The molecule has 94 valence electrons. The maximum atomic E-state index is 11.9. The highest BCUT2D eigenvalue weighted by Crippen LogP contribution is 2.27. The first-order chi connectivity index (χ1) is 7.74. The third-order valence-corrected chi connectivity index (χ3v) is 1.60. The van der Waals surface area contributed by atoms with Gasteiger partial charge in [0.2, 0.25) is 0 Å². The van der Waals surface area contributed by atoms with Gasteiger partial charge in [-0.15, -0.1) is 13.2 Å². The van der Waals surface area contributed by atoms with Crippen molar-refractivity contribution in [3.05, 3.63) is 32.1 Å². The minimum absolute atomic E-state index is 0.333. The second-order valence-electron chi connectivity index (χ2n) is 2.80. The summed E-state index contributed by atoms with van der Waals surface area (Å²) < 4.78 is 39.1. The van der Waals surface area contributed by atoms with Crippen LogP contribution in [0, 0.1) is 10.1 Å². The van der Waals surface area contributed by atoms with Gasteiger partial charge in [0.25, 0.3) is 11.3 Å². The Hall–Kier alpha value is -2.10. The Bertz CT molecular complexity index is 495. The van der Waals surface area contributed by atoms with E-state index in [1.165, 1.54) is 0 Å². The predicted molar refractivity (Wildman–Crippen MR) is 46.3 cm³/mol. The molecule has 1 aromatic rings. The van der Waals surface area contributed by atoms with Crippen LogP contribution < -0.4 is 10.2 Å². The number of halogens is 3. The number of rotatable bonds is 3. The highest BCUT2D eigenvalue weighted by Gasteiger charge is 2.36. The molecule has 0 fully saturated rings. The minimum Gasteiger partial charge on any atom is -0.390 e. The molecule has 0 saturated heterocycles. The molecule has 0 spiro atoms. The number of hydrogen-bond donors (Lipinski definition) is 2. The maximum absolute atomic E-state index is 11.9. The van der Waals surface area contributed by atoms with E-state index in [0.717, 1.165) is 0 Å². The van der Waals surface area contributed by atoms with Gasteiger partial charge in [-0.05, 0) is 0 Å². The number of nitrogens with zero attached hydrogens (tertiary/aromatic N) is 1. The van der Waals surface area contributed by atoms with Crippen LogP contribution in [0.5, 0.6) is 5.88 Å². The summed E-state index contributed by atoms with van der Waals surface area (Å²) >= 11 is 0. The Morgan fingerprint density at radius 2 is 2.12 bits per heavy atom. The van der Waals surface area contributed by atoms with Gasteiger partial charge < -0.3 is 14.8 Å². The molecule has 0 aliphatic heterocycles. The van der Waals surface area contributed by atoms with Crippen LogP contribution in [0.15, 0.2) is 10.9 Å². The highest BCUT2D eigenvalue weighted by molar-refractivity contribution is 5.41. The lowest BCUT2D eigenvalue weighted by molar-refractivity contribution is -0.390. The van der Waals surface area contributed by atoms with Crippen molar-refractivity contribution in [2.45, 2.75) is 13.0 Å². The maximum Gasteiger partial charge on any atom is 0.574 e. The van der Waals surface area contributed by atoms with Gasteiger partial charge in [0.15, 0.2) is 0 Å². The number of nitrogens with one attached hydrogen (secondary N) is 1. The summed E-state index contributed by atoms with van der Waals surface area (Å²) in [7, 11) is 0. The Morgan fingerprint density at radius 3 is 2.53 bits per heavy atom. The zero-order valence-electron chi connectivity index (χ0n) is 7.95. The summed E-state index contributed by atoms with van der Waals surface area (Å²) in [5.74, 6) is -1.36. The normalized spacial score (nSPS) is 11.3. The van der Waals surface area contributed by atoms with Gasteiger partial charge in [0, 0.05) is 11.8 Å². The molecule has 1 heterocycles. The fourth-order valence-electron chi connectivity index (χ4n) is 1.03. The molecule has 1 rings (SSSR count). The fourth-order valence-corrected chi connectivity index (χ4v) is 1.03. The van der Waals surface area contributed by atoms with E-state index in [1.807, 2.05) is 4.98 Å². The van der Waals surface area contributed by atoms with E-state index >= 15 is 0 Å². The predicted octanol–water partition coefficient (Wildman–Crippen LogP) is 0.674. The number of aromatic nitrogens is 1. The van der Waals surface area contributed by atoms with E-state index < -0.39 is 34.9 Å². The topological polar surface area (TPSA) is 105 Å². The molecule has 0 atom stereocenters. The Kier molecular flexibility index (Phi) is 3.36. The standard InChI is InChI=1S/C7H5F3N2O5/c8-7(9,10)17-6-5(12(15)16)4(14)1-3(2-13)11-6/h1,13H,2H2,(H,11,14). The molecule has 0 saturated carbocycles. The molecule has 17 heavy (non-hydrogen) atoms. The van der Waals surface area contributed by atoms with Crippen molar-refractivity contribution in [3.8, 4) is 5.88 Å². The monoisotopic (exact) mass is 254 g/mol. The molecule has 2 N–H and O–H groups in total. The van der Waals surface area contributed by atoms with Crippen molar-refractivity contribution in [1.82, 2.24) is 4.98 Å². The largest absolute Gasteiger partial charge is 0.574 e. The van der Waals surface area contributed by atoms with Crippen molar-refractivity contribution in [2.24, 2.45) is 0 Å². The molecule has 0 amide bonds. The van der Waals surface area contributed by atoms with E-state index in [4.69, 9.17) is 5.11 Å². The van der Waals surface area contributed by atoms with Gasteiger partial charge in [-0.3, -0.25) is 14.9 Å². The smallest absolute Gasteiger partial charge is 0.390 e. The molecule has 1 aromatic heterocycles. The number of aromatic amines is 1. The number of hydrogen-bond acceptors (Lipinski definition) is 5. The molecule has 0 unspecified atom stereocenters. The summed E-state index contributed by atoms with van der Waals surface area (Å²) in [6.45, 7) is -0.790. The zero-order chi connectivity index (χ0) is 13.2. The fraction of sp³-hybridized carbons (Fsp3) is 0.286. The third kappa shape index (κ3) is 3.17. The summed E-state index contributed by atoms with van der Waals surface area (Å²) in [6.07, 6.45) is -5.19. The van der Waals surface area contributed by atoms with E-state index in [-0.39, 0.29) is 5.69 Å². The molecule has 0 radical (unpaired) electrons. The lowest BCUT2D eigenvalue weighted by Gasteiger charge is -2.09. The van der Waals surface area contributed by atoms with E-state index in [1.54, 1.807) is 0 Å². The Morgan fingerprint density at radius 1 is 1.53 bits per heavy atom. The number of alkyl halides is 3. The molecule has 7 nitrogen and oxygen atoms in total. The van der Waals surface area contributed by atoms with Crippen LogP contribution >= 0.6 is 0 Å². The first kappa shape index (κ1) is 13.0. The Balaban J connectivity index is 3.38. The van der Waals surface area contributed by atoms with Crippen LogP contribution in [0.25, 0.3) is 0 Å². The van der Waals surface area contributed by atoms with Crippen LogP contribution in [-0.2, 0) is 6.61 Å². The quantitative estimate of drug-likeness (QED) is 0.609. The van der Waals surface area contributed by atoms with Crippen molar-refractivity contribution < 1.29 is 27.9 Å². The van der Waals surface area contributed by atoms with Crippen LogP contribution in [0.2, 0.25) is 0 Å². The molecule has 0 bridgehead atoms. The van der Waals surface area contributed by atoms with Crippen LogP contribution in [0.4, 0.5) is 18.9 Å². The zero-order valence-corrected chi connectivity index (χ0v) is 7.95. The van der Waals surface area contributed by atoms with Gasteiger partial charge in [-0.25, -0.2) is 0 Å². The van der Waals surface area contributed by atoms with Gasteiger partial charge in [0.05, 0.1) is 11.5 Å². The van der Waals surface area contributed by atoms with Crippen molar-refractivity contribution in [3.63, 3.8) is 0 Å². The summed E-state index contributed by atoms with van der Waals surface area (Å²) in [5, 5.41) is 19.0. The average Bonchev–Trinajstić information content (AvgIpc) is 2.13. The van der Waals surface area contributed by atoms with E-state index in [2.05, 4.69) is 4.74 Å². The molecule has 0 aliphatic rings. The highest BCUT2D eigenvalue weighted by atomic mass is 19.4. The van der Waals surface area contributed by atoms with Gasteiger partial charge in [-0.2, -0.15) is 0 Å². The van der Waals surface area contributed by atoms with Crippen molar-refractivity contribution in [1.29, 1.82) is 0 Å². The summed E-state index contributed by atoms with van der Waals surface area (Å²) in [6, 6.07) is 0.612. The van der Waals surface area contributed by atoms with Crippen molar-refractivity contribution in [2.75, 3.05) is 0 Å². The minimum atomic E-state index is -5.19. The van der Waals surface area contributed by atoms with Gasteiger partial charge in [-0.1, -0.05) is 0 Å². The molecule has 0 aromatic carbocycles. The number of ether oxygens (including phenoxy) is 1. The number of pyridine rings is 1. The second kappa shape index (κ2) is 4.41. The molecule has 10 heteroatoms. The van der Waals surface area contributed by atoms with Crippen LogP contribution in [-0.4, -0.2) is 21.4 Å². The summed E-state index contributed by atoms with van der Waals surface area (Å²) in [4.78, 5) is 22.0. The lowest BCUT2D eigenvalue weighted by atomic mass is 10.3. The van der Waals surface area contributed by atoms with Gasteiger partial charge in [0.1, 0.15) is 0 Å². The van der Waals surface area contributed by atoms with Gasteiger partial charge >= 0.3 is 12.0 Å². The second-order valence-corrected chi connectivity index (χ2v) is 2.80. The van der Waals surface area contributed by atoms with Crippen LogP contribution in [0.1, 0.15) is 5.69 Å². The summed E-state index contributed by atoms with van der Waals surface area (Å²) in [5.41, 5.74) is -3.00. The molecular weight excluding hydrogens is 249 g/mol. The average molecular weight is 254 g/mol. The first-order valence-electron chi connectivity index (χ1n) is 4.02. The number of aliphatic hydroxyl groups is 1. The lowest BCUT2D eigenvalue weighted by Crippen LogP contribution is -2.22. The SMILES string of the molecule is O=c1cc(CO)[nH]c(OC(F)(F)F)c1[N+](=O)[O-]. The Labute approximate surface area is 90.6 Å². The van der Waals surface area contributed by atoms with E-state index in [0.29, 0.717) is 6.07 Å². The number of nitro groups is 1. The number of aliphatic hydroxyl groups excluding tert-OH is 1. The molecule has 0 aliphatic carbocycles.